The quantitative estimate of drug-likeness (QED) is 0.849. The first-order chi connectivity index (χ1) is 8.15. The van der Waals surface area contributed by atoms with Gasteiger partial charge in [-0.25, -0.2) is 9.97 Å². The van der Waals surface area contributed by atoms with Crippen molar-refractivity contribution in [3.63, 3.8) is 0 Å². The second kappa shape index (κ2) is 5.15. The lowest BCUT2D eigenvalue weighted by Crippen LogP contribution is -1.99. The van der Waals surface area contributed by atoms with Crippen LogP contribution in [0.3, 0.4) is 0 Å². The number of nitrogens with two attached hydrogens (primary N) is 1. The van der Waals surface area contributed by atoms with Crippen molar-refractivity contribution in [2.24, 2.45) is 0 Å². The molecule has 4 heteroatoms. The Morgan fingerprint density at radius 3 is 2.76 bits per heavy atom. The smallest absolute Gasteiger partial charge is 0.128 e. The van der Waals surface area contributed by atoms with Crippen molar-refractivity contribution < 1.29 is 0 Å². The number of aryl methyl sites for hydroxylation is 3. The van der Waals surface area contributed by atoms with Crippen LogP contribution in [0.2, 0.25) is 5.02 Å². The largest absolute Gasteiger partial charge is 0.398 e. The molecule has 1 aromatic heterocycles. The normalized spacial score (nSPS) is 10.5. The Labute approximate surface area is 106 Å². The van der Waals surface area contributed by atoms with Gasteiger partial charge in [-0.2, -0.15) is 0 Å². The fraction of sp³-hybridized carbons (Fsp3) is 0.231. The lowest BCUT2D eigenvalue weighted by molar-refractivity contribution is 0.846. The topological polar surface area (TPSA) is 51.8 Å². The first-order valence-corrected chi connectivity index (χ1v) is 5.85. The van der Waals surface area contributed by atoms with Crippen LogP contribution in [0.25, 0.3) is 0 Å². The SMILES string of the molecule is Cc1ccnc(CCc2ccc(Cl)c(N)c2)n1. The molecule has 1 aromatic carbocycles. The molecule has 0 bridgehead atoms. The maximum absolute atomic E-state index is 5.87. The Bertz CT molecular complexity index is 526. The third-order valence-corrected chi connectivity index (χ3v) is 2.89. The molecular weight excluding hydrogens is 234 g/mol. The summed E-state index contributed by atoms with van der Waals surface area (Å²) >= 11 is 5.87. The van der Waals surface area contributed by atoms with E-state index in [1.807, 2.05) is 31.2 Å². The monoisotopic (exact) mass is 247 g/mol. The Kier molecular flexibility index (Phi) is 3.59. The predicted molar refractivity (Wildman–Crippen MR) is 70.0 cm³/mol. The Morgan fingerprint density at radius 2 is 2.06 bits per heavy atom. The van der Waals surface area contributed by atoms with E-state index in [0.717, 1.165) is 29.9 Å². The summed E-state index contributed by atoms with van der Waals surface area (Å²) in [5, 5.41) is 0.598. The van der Waals surface area contributed by atoms with Gasteiger partial charge in [0.15, 0.2) is 0 Å². The van der Waals surface area contributed by atoms with Gasteiger partial charge in [-0.15, -0.1) is 0 Å². The molecule has 0 aliphatic rings. The Balaban J connectivity index is 2.05. The first kappa shape index (κ1) is 11.9. The van der Waals surface area contributed by atoms with Crippen LogP contribution in [0, 0.1) is 6.92 Å². The average molecular weight is 248 g/mol. The van der Waals surface area contributed by atoms with E-state index in [4.69, 9.17) is 17.3 Å². The highest BCUT2D eigenvalue weighted by atomic mass is 35.5. The van der Waals surface area contributed by atoms with Gasteiger partial charge >= 0.3 is 0 Å². The van der Waals surface area contributed by atoms with Crippen molar-refractivity contribution >= 4 is 17.3 Å². The molecule has 0 aliphatic carbocycles. The summed E-state index contributed by atoms with van der Waals surface area (Å²) in [5.41, 5.74) is 8.51. The molecule has 2 aromatic rings. The minimum Gasteiger partial charge on any atom is -0.398 e. The van der Waals surface area contributed by atoms with E-state index >= 15 is 0 Å². The molecule has 0 radical (unpaired) electrons. The highest BCUT2D eigenvalue weighted by molar-refractivity contribution is 6.33. The van der Waals surface area contributed by atoms with Gasteiger partial charge in [0.1, 0.15) is 5.82 Å². The summed E-state index contributed by atoms with van der Waals surface area (Å²) in [6.07, 6.45) is 3.46. The van der Waals surface area contributed by atoms with E-state index in [-0.39, 0.29) is 0 Å². The van der Waals surface area contributed by atoms with Crippen LogP contribution in [0.1, 0.15) is 17.1 Å². The number of anilines is 1. The molecule has 0 aliphatic heterocycles. The summed E-state index contributed by atoms with van der Waals surface area (Å²) in [5.74, 6) is 0.860. The highest BCUT2D eigenvalue weighted by Crippen LogP contribution is 2.20. The third kappa shape index (κ3) is 3.17. The fourth-order valence-corrected chi connectivity index (χ4v) is 1.74. The van der Waals surface area contributed by atoms with Gasteiger partial charge in [-0.1, -0.05) is 17.7 Å². The lowest BCUT2D eigenvalue weighted by Gasteiger charge is -2.04. The van der Waals surface area contributed by atoms with Gasteiger partial charge in [0.25, 0.3) is 0 Å². The van der Waals surface area contributed by atoms with Crippen molar-refractivity contribution in [2.75, 3.05) is 5.73 Å². The lowest BCUT2D eigenvalue weighted by atomic mass is 10.1. The number of benzene rings is 1. The first-order valence-electron chi connectivity index (χ1n) is 5.47. The number of nitrogen functional groups attached to an aromatic ring is 1. The van der Waals surface area contributed by atoms with E-state index in [2.05, 4.69) is 9.97 Å². The van der Waals surface area contributed by atoms with Crippen LogP contribution >= 0.6 is 11.6 Å². The van der Waals surface area contributed by atoms with Gasteiger partial charge in [0.2, 0.25) is 0 Å². The van der Waals surface area contributed by atoms with Crippen LogP contribution in [0.4, 0.5) is 5.69 Å². The second-order valence-electron chi connectivity index (χ2n) is 3.97. The van der Waals surface area contributed by atoms with E-state index in [9.17, 15) is 0 Å². The minimum atomic E-state index is 0.598. The molecule has 0 spiro atoms. The van der Waals surface area contributed by atoms with Crippen LogP contribution in [0.5, 0.6) is 0 Å². The second-order valence-corrected chi connectivity index (χ2v) is 4.38. The van der Waals surface area contributed by atoms with E-state index in [1.54, 1.807) is 6.20 Å². The fourth-order valence-electron chi connectivity index (χ4n) is 1.63. The molecule has 3 nitrogen and oxygen atoms in total. The molecule has 0 unspecified atom stereocenters. The maximum atomic E-state index is 5.87. The van der Waals surface area contributed by atoms with Crippen molar-refractivity contribution in [1.82, 2.24) is 9.97 Å². The summed E-state index contributed by atoms with van der Waals surface area (Å²) < 4.78 is 0. The van der Waals surface area contributed by atoms with Gasteiger partial charge in [-0.3, -0.25) is 0 Å². The summed E-state index contributed by atoms with van der Waals surface area (Å²) in [6, 6.07) is 7.60. The summed E-state index contributed by atoms with van der Waals surface area (Å²) in [6.45, 7) is 1.96. The van der Waals surface area contributed by atoms with Gasteiger partial charge < -0.3 is 5.73 Å². The molecule has 17 heavy (non-hydrogen) atoms. The molecule has 0 atom stereocenters. The zero-order valence-corrected chi connectivity index (χ0v) is 10.4. The number of aromatic nitrogens is 2. The van der Waals surface area contributed by atoms with Gasteiger partial charge in [-0.05, 0) is 37.1 Å². The minimum absolute atomic E-state index is 0.598. The zero-order valence-electron chi connectivity index (χ0n) is 9.65. The Morgan fingerprint density at radius 1 is 1.24 bits per heavy atom. The number of halogens is 1. The van der Waals surface area contributed by atoms with Crippen molar-refractivity contribution in [1.29, 1.82) is 0 Å². The van der Waals surface area contributed by atoms with Crippen molar-refractivity contribution in [3.05, 3.63) is 52.6 Å². The van der Waals surface area contributed by atoms with Crippen molar-refractivity contribution in [3.8, 4) is 0 Å². The molecule has 1 heterocycles. The number of hydrogen-bond acceptors (Lipinski definition) is 3. The standard InChI is InChI=1S/C13H14ClN3/c1-9-6-7-16-13(17-9)5-3-10-2-4-11(14)12(15)8-10/h2,4,6-8H,3,5,15H2,1H3. The number of hydrogen-bond donors (Lipinski definition) is 1. The number of rotatable bonds is 3. The maximum Gasteiger partial charge on any atom is 0.128 e. The molecule has 0 amide bonds. The molecule has 88 valence electrons. The molecular formula is C13H14ClN3. The van der Waals surface area contributed by atoms with E-state index in [1.165, 1.54) is 0 Å². The van der Waals surface area contributed by atoms with Crippen LogP contribution in [-0.4, -0.2) is 9.97 Å². The molecule has 0 fully saturated rings. The summed E-state index contributed by atoms with van der Waals surface area (Å²) in [4.78, 5) is 8.59. The van der Waals surface area contributed by atoms with Crippen LogP contribution in [0.15, 0.2) is 30.5 Å². The van der Waals surface area contributed by atoms with Gasteiger partial charge in [0.05, 0.1) is 10.7 Å². The van der Waals surface area contributed by atoms with Crippen LogP contribution in [-0.2, 0) is 12.8 Å². The Hall–Kier alpha value is -1.61. The van der Waals surface area contributed by atoms with E-state index < -0.39 is 0 Å². The average Bonchev–Trinajstić information content (AvgIpc) is 2.31. The van der Waals surface area contributed by atoms with E-state index in [0.29, 0.717) is 10.7 Å². The zero-order chi connectivity index (χ0) is 12.3. The number of nitrogens with zero attached hydrogens (tertiary/aromatic N) is 2. The van der Waals surface area contributed by atoms with Gasteiger partial charge in [0, 0.05) is 18.3 Å². The highest BCUT2D eigenvalue weighted by Gasteiger charge is 2.01. The summed E-state index contributed by atoms with van der Waals surface area (Å²) in [7, 11) is 0. The van der Waals surface area contributed by atoms with Crippen molar-refractivity contribution in [2.45, 2.75) is 19.8 Å². The molecule has 0 saturated carbocycles. The van der Waals surface area contributed by atoms with Crippen LogP contribution < -0.4 is 5.73 Å². The third-order valence-electron chi connectivity index (χ3n) is 2.54. The molecule has 0 saturated heterocycles. The predicted octanol–water partition coefficient (Wildman–Crippen LogP) is 2.81. The molecule has 2 rings (SSSR count). The molecule has 2 N–H and O–H groups in total.